The van der Waals surface area contributed by atoms with Crippen LogP contribution in [0.3, 0.4) is 0 Å². The number of pyridine rings is 1. The molecule has 2 aromatic heterocycles. The number of rotatable bonds is 6. The first-order valence-electron chi connectivity index (χ1n) is 13.6. The molecule has 0 unspecified atom stereocenters. The molecule has 3 N–H and O–H groups in total. The SMILES string of the molecule is O[C@H]1CC[C@H](Nc2nc(Nc3ccnc(Cl)c3)ncc2C2CCN(C3CCCCCC3)CC2)CC1. The van der Waals surface area contributed by atoms with Gasteiger partial charge < -0.3 is 20.6 Å². The second-order valence-electron chi connectivity index (χ2n) is 10.6. The zero-order valence-corrected chi connectivity index (χ0v) is 21.4. The molecule has 0 bridgehead atoms. The highest BCUT2D eigenvalue weighted by molar-refractivity contribution is 6.29. The van der Waals surface area contributed by atoms with E-state index in [1.165, 1.54) is 57.2 Å². The molecule has 2 aliphatic carbocycles. The molecule has 0 aromatic carbocycles. The minimum Gasteiger partial charge on any atom is -0.393 e. The maximum absolute atomic E-state index is 9.95. The topological polar surface area (TPSA) is 86.2 Å². The van der Waals surface area contributed by atoms with Crippen molar-refractivity contribution in [1.82, 2.24) is 19.9 Å². The molecule has 7 nitrogen and oxygen atoms in total. The fourth-order valence-electron chi connectivity index (χ4n) is 6.09. The largest absolute Gasteiger partial charge is 0.393 e. The number of aromatic nitrogens is 3. The lowest BCUT2D eigenvalue weighted by Gasteiger charge is -2.38. The molecule has 35 heavy (non-hydrogen) atoms. The fraction of sp³-hybridized carbons (Fsp3) is 0.667. The van der Waals surface area contributed by atoms with Crippen molar-refractivity contribution in [2.45, 2.75) is 101 Å². The van der Waals surface area contributed by atoms with Crippen LogP contribution >= 0.6 is 11.6 Å². The highest BCUT2D eigenvalue weighted by Gasteiger charge is 2.29. The molecular formula is C27H39ClN6O. The van der Waals surface area contributed by atoms with Crippen molar-refractivity contribution in [3.8, 4) is 0 Å². The average molecular weight is 499 g/mol. The van der Waals surface area contributed by atoms with Crippen molar-refractivity contribution >= 4 is 29.1 Å². The highest BCUT2D eigenvalue weighted by atomic mass is 35.5. The number of hydrogen-bond acceptors (Lipinski definition) is 7. The highest BCUT2D eigenvalue weighted by Crippen LogP contribution is 2.36. The van der Waals surface area contributed by atoms with Gasteiger partial charge in [-0.3, -0.25) is 0 Å². The Morgan fingerprint density at radius 1 is 0.914 bits per heavy atom. The molecule has 5 rings (SSSR count). The lowest BCUT2D eigenvalue weighted by Crippen LogP contribution is -2.41. The first kappa shape index (κ1) is 24.7. The molecule has 3 aliphatic rings. The van der Waals surface area contributed by atoms with Gasteiger partial charge in [-0.25, -0.2) is 9.97 Å². The van der Waals surface area contributed by atoms with E-state index in [0.717, 1.165) is 56.1 Å². The van der Waals surface area contributed by atoms with Gasteiger partial charge in [0.05, 0.1) is 6.10 Å². The van der Waals surface area contributed by atoms with Crippen molar-refractivity contribution in [3.05, 3.63) is 35.2 Å². The lowest BCUT2D eigenvalue weighted by molar-refractivity contribution is 0.126. The first-order chi connectivity index (χ1) is 17.1. The van der Waals surface area contributed by atoms with Crippen LogP contribution in [0.4, 0.5) is 17.5 Å². The van der Waals surface area contributed by atoms with Gasteiger partial charge in [-0.1, -0.05) is 37.3 Å². The maximum atomic E-state index is 9.95. The average Bonchev–Trinajstić information content (AvgIpc) is 3.16. The zero-order valence-electron chi connectivity index (χ0n) is 20.6. The summed E-state index contributed by atoms with van der Waals surface area (Å²) in [5.74, 6) is 1.97. The van der Waals surface area contributed by atoms with Gasteiger partial charge in [-0.05, 0) is 82.5 Å². The second kappa shape index (κ2) is 11.8. The summed E-state index contributed by atoms with van der Waals surface area (Å²) in [6.45, 7) is 2.33. The predicted molar refractivity (Wildman–Crippen MR) is 141 cm³/mol. The monoisotopic (exact) mass is 498 g/mol. The van der Waals surface area contributed by atoms with E-state index in [2.05, 4.69) is 25.5 Å². The van der Waals surface area contributed by atoms with E-state index in [0.29, 0.717) is 23.1 Å². The molecular weight excluding hydrogens is 460 g/mol. The molecule has 0 amide bonds. The molecule has 8 heteroatoms. The van der Waals surface area contributed by atoms with Crippen LogP contribution in [-0.2, 0) is 0 Å². The van der Waals surface area contributed by atoms with E-state index in [1.54, 1.807) is 12.3 Å². The van der Waals surface area contributed by atoms with Gasteiger partial charge in [0, 0.05) is 35.7 Å². The van der Waals surface area contributed by atoms with Crippen LogP contribution in [0.15, 0.2) is 24.5 Å². The van der Waals surface area contributed by atoms with E-state index in [1.807, 2.05) is 12.3 Å². The summed E-state index contributed by atoms with van der Waals surface area (Å²) in [6, 6.07) is 4.75. The van der Waals surface area contributed by atoms with Gasteiger partial charge >= 0.3 is 0 Å². The summed E-state index contributed by atoms with van der Waals surface area (Å²) < 4.78 is 0. The molecule has 1 aliphatic heterocycles. The smallest absolute Gasteiger partial charge is 0.229 e. The van der Waals surface area contributed by atoms with Gasteiger partial charge in [-0.15, -0.1) is 0 Å². The van der Waals surface area contributed by atoms with Crippen molar-refractivity contribution in [2.24, 2.45) is 0 Å². The minimum absolute atomic E-state index is 0.167. The van der Waals surface area contributed by atoms with Gasteiger partial charge in [0.1, 0.15) is 11.0 Å². The Morgan fingerprint density at radius 2 is 1.66 bits per heavy atom. The number of likely N-dealkylation sites (tertiary alicyclic amines) is 1. The predicted octanol–water partition coefficient (Wildman–Crippen LogP) is 5.89. The Kier molecular flexibility index (Phi) is 8.37. The van der Waals surface area contributed by atoms with E-state index >= 15 is 0 Å². The molecule has 3 fully saturated rings. The number of piperidine rings is 1. The van der Waals surface area contributed by atoms with Crippen LogP contribution in [0.1, 0.15) is 88.5 Å². The van der Waals surface area contributed by atoms with Crippen LogP contribution < -0.4 is 10.6 Å². The molecule has 0 radical (unpaired) electrons. The van der Waals surface area contributed by atoms with Gasteiger partial charge in [0.2, 0.25) is 5.95 Å². The van der Waals surface area contributed by atoms with Crippen molar-refractivity contribution in [2.75, 3.05) is 23.7 Å². The third-order valence-electron chi connectivity index (χ3n) is 8.15. The van der Waals surface area contributed by atoms with E-state index in [4.69, 9.17) is 16.6 Å². The van der Waals surface area contributed by atoms with Crippen molar-refractivity contribution in [1.29, 1.82) is 0 Å². The Bertz CT molecular complexity index is 950. The zero-order chi connectivity index (χ0) is 24.0. The minimum atomic E-state index is -0.167. The van der Waals surface area contributed by atoms with Crippen LogP contribution in [-0.4, -0.2) is 56.2 Å². The Morgan fingerprint density at radius 3 is 2.37 bits per heavy atom. The van der Waals surface area contributed by atoms with Crippen molar-refractivity contribution < 1.29 is 5.11 Å². The van der Waals surface area contributed by atoms with Gasteiger partial charge in [0.15, 0.2) is 0 Å². The number of anilines is 3. The van der Waals surface area contributed by atoms with Crippen LogP contribution in [0.5, 0.6) is 0 Å². The Hall–Kier alpha value is -1.96. The molecule has 3 heterocycles. The number of halogens is 1. The van der Waals surface area contributed by atoms with E-state index < -0.39 is 0 Å². The number of nitrogens with zero attached hydrogens (tertiary/aromatic N) is 4. The standard InChI is InChI=1S/C27H39ClN6O/c28-25-17-21(11-14-29-25)32-27-30-18-24(26(33-27)31-20-7-9-23(35)10-8-20)19-12-15-34(16-13-19)22-5-3-1-2-4-6-22/h11,14,17-20,22-23,35H,1-10,12-13,15-16H2,(H2,29,30,31,32,33)/t20-,23-. The summed E-state index contributed by atoms with van der Waals surface area (Å²) in [5, 5.41) is 17.4. The maximum Gasteiger partial charge on any atom is 0.229 e. The lowest BCUT2D eigenvalue weighted by atomic mass is 9.88. The molecule has 2 aromatic rings. The van der Waals surface area contributed by atoms with E-state index in [-0.39, 0.29) is 6.10 Å². The molecule has 2 saturated carbocycles. The van der Waals surface area contributed by atoms with Crippen LogP contribution in [0, 0.1) is 0 Å². The quantitative estimate of drug-likeness (QED) is 0.338. The number of nitrogens with one attached hydrogen (secondary N) is 2. The Labute approximate surface area is 214 Å². The molecule has 0 spiro atoms. The van der Waals surface area contributed by atoms with Crippen LogP contribution in [0.25, 0.3) is 0 Å². The first-order valence-corrected chi connectivity index (χ1v) is 14.0. The summed E-state index contributed by atoms with van der Waals surface area (Å²) in [4.78, 5) is 16.4. The number of hydrogen-bond donors (Lipinski definition) is 3. The Balaban J connectivity index is 1.30. The third kappa shape index (κ3) is 6.63. The van der Waals surface area contributed by atoms with Gasteiger partial charge in [-0.2, -0.15) is 4.98 Å². The summed E-state index contributed by atoms with van der Waals surface area (Å²) in [5.41, 5.74) is 2.05. The van der Waals surface area contributed by atoms with Crippen molar-refractivity contribution in [3.63, 3.8) is 0 Å². The normalized spacial score (nSPS) is 25.2. The number of aliphatic hydroxyl groups is 1. The number of aliphatic hydroxyl groups excluding tert-OH is 1. The summed E-state index contributed by atoms with van der Waals surface area (Å²) >= 11 is 6.06. The second-order valence-corrected chi connectivity index (χ2v) is 11.0. The van der Waals surface area contributed by atoms with Gasteiger partial charge in [0.25, 0.3) is 0 Å². The van der Waals surface area contributed by atoms with E-state index in [9.17, 15) is 5.11 Å². The molecule has 1 saturated heterocycles. The van der Waals surface area contributed by atoms with Crippen LogP contribution in [0.2, 0.25) is 5.15 Å². The molecule has 190 valence electrons. The fourth-order valence-corrected chi connectivity index (χ4v) is 6.26. The molecule has 0 atom stereocenters. The summed E-state index contributed by atoms with van der Waals surface area (Å²) in [7, 11) is 0. The summed E-state index contributed by atoms with van der Waals surface area (Å²) in [6.07, 6.45) is 17.8. The third-order valence-corrected chi connectivity index (χ3v) is 8.35.